The van der Waals surface area contributed by atoms with Gasteiger partial charge in [0.15, 0.2) is 0 Å². The SMILES string of the molecule is Cc1nc2cc(NC(C)CCC(C)C)c([N+](=O)[O-])cc2s1. The molecule has 1 atom stereocenters. The van der Waals surface area contributed by atoms with Gasteiger partial charge < -0.3 is 5.32 Å². The van der Waals surface area contributed by atoms with Crippen molar-refractivity contribution < 1.29 is 4.92 Å². The van der Waals surface area contributed by atoms with Gasteiger partial charge in [-0.05, 0) is 38.7 Å². The highest BCUT2D eigenvalue weighted by Crippen LogP contribution is 2.33. The number of benzene rings is 1. The van der Waals surface area contributed by atoms with Crippen molar-refractivity contribution in [2.24, 2.45) is 5.92 Å². The van der Waals surface area contributed by atoms with Crippen LogP contribution in [0.15, 0.2) is 12.1 Å². The largest absolute Gasteiger partial charge is 0.377 e. The number of fused-ring (bicyclic) bond motifs is 1. The van der Waals surface area contributed by atoms with E-state index in [1.807, 2.05) is 6.92 Å². The average molecular weight is 307 g/mol. The smallest absolute Gasteiger partial charge is 0.293 e. The molecular formula is C15H21N3O2S. The van der Waals surface area contributed by atoms with Crippen LogP contribution in [-0.2, 0) is 0 Å². The first-order valence-electron chi connectivity index (χ1n) is 7.19. The number of aryl methyl sites for hydroxylation is 1. The Morgan fingerprint density at radius 2 is 2.05 bits per heavy atom. The summed E-state index contributed by atoms with van der Waals surface area (Å²) in [6.07, 6.45) is 2.09. The third-order valence-corrected chi connectivity index (χ3v) is 4.32. The molecule has 0 amide bonds. The molecule has 0 bridgehead atoms. The Bertz CT molecular complexity index is 652. The van der Waals surface area contributed by atoms with Gasteiger partial charge >= 0.3 is 0 Å². The number of anilines is 1. The van der Waals surface area contributed by atoms with Crippen LogP contribution in [0.5, 0.6) is 0 Å². The lowest BCUT2D eigenvalue weighted by molar-refractivity contribution is -0.383. The second-order valence-electron chi connectivity index (χ2n) is 5.84. The lowest BCUT2D eigenvalue weighted by Crippen LogP contribution is -2.16. The summed E-state index contributed by atoms with van der Waals surface area (Å²) in [4.78, 5) is 15.4. The van der Waals surface area contributed by atoms with E-state index in [9.17, 15) is 10.1 Å². The van der Waals surface area contributed by atoms with Crippen molar-refractivity contribution >= 4 is 32.9 Å². The average Bonchev–Trinajstić information content (AvgIpc) is 2.74. The molecule has 0 aliphatic rings. The minimum Gasteiger partial charge on any atom is -0.377 e. The van der Waals surface area contributed by atoms with Crippen LogP contribution < -0.4 is 5.32 Å². The summed E-state index contributed by atoms with van der Waals surface area (Å²) in [5.74, 6) is 0.632. The quantitative estimate of drug-likeness (QED) is 0.617. The summed E-state index contributed by atoms with van der Waals surface area (Å²) >= 11 is 1.48. The normalized spacial score (nSPS) is 12.8. The fourth-order valence-corrected chi connectivity index (χ4v) is 3.11. The highest BCUT2D eigenvalue weighted by Gasteiger charge is 2.18. The van der Waals surface area contributed by atoms with Crippen LogP contribution in [0.2, 0.25) is 0 Å². The Morgan fingerprint density at radius 1 is 1.33 bits per heavy atom. The highest BCUT2D eigenvalue weighted by atomic mass is 32.1. The number of nitro benzene ring substituents is 1. The van der Waals surface area contributed by atoms with E-state index < -0.39 is 0 Å². The lowest BCUT2D eigenvalue weighted by atomic mass is 10.0. The maximum atomic E-state index is 11.3. The molecule has 1 unspecified atom stereocenters. The maximum absolute atomic E-state index is 11.3. The van der Waals surface area contributed by atoms with Gasteiger partial charge in [-0.2, -0.15) is 0 Å². The lowest BCUT2D eigenvalue weighted by Gasteiger charge is -2.16. The Balaban J connectivity index is 2.28. The van der Waals surface area contributed by atoms with Gasteiger partial charge in [0.1, 0.15) is 5.69 Å². The molecule has 0 saturated heterocycles. The summed E-state index contributed by atoms with van der Waals surface area (Å²) in [7, 11) is 0. The molecule has 1 aromatic heterocycles. The van der Waals surface area contributed by atoms with Gasteiger partial charge in [-0.3, -0.25) is 10.1 Å². The molecule has 0 aliphatic heterocycles. The van der Waals surface area contributed by atoms with Crippen molar-refractivity contribution in [1.29, 1.82) is 0 Å². The molecule has 0 saturated carbocycles. The van der Waals surface area contributed by atoms with Crippen LogP contribution in [-0.4, -0.2) is 15.9 Å². The van der Waals surface area contributed by atoms with E-state index in [1.165, 1.54) is 11.3 Å². The minimum absolute atomic E-state index is 0.127. The van der Waals surface area contributed by atoms with Gasteiger partial charge in [0.25, 0.3) is 5.69 Å². The topological polar surface area (TPSA) is 68.1 Å². The summed E-state index contributed by atoms with van der Waals surface area (Å²) in [6, 6.07) is 3.61. The van der Waals surface area contributed by atoms with E-state index in [-0.39, 0.29) is 16.7 Å². The molecule has 0 aliphatic carbocycles. The standard InChI is InChI=1S/C15H21N3O2S/c1-9(2)5-6-10(3)16-12-7-13-15(21-11(4)17-13)8-14(12)18(19)20/h7-10,16H,5-6H2,1-4H3. The zero-order chi connectivity index (χ0) is 15.6. The maximum Gasteiger partial charge on any atom is 0.293 e. The Morgan fingerprint density at radius 3 is 2.67 bits per heavy atom. The number of thiazole rings is 1. The van der Waals surface area contributed by atoms with E-state index in [0.29, 0.717) is 11.6 Å². The molecule has 114 valence electrons. The molecule has 1 heterocycles. The van der Waals surface area contributed by atoms with Crippen LogP contribution in [0, 0.1) is 23.0 Å². The van der Waals surface area contributed by atoms with Crippen molar-refractivity contribution in [2.75, 3.05) is 5.32 Å². The molecule has 1 N–H and O–H groups in total. The monoisotopic (exact) mass is 307 g/mol. The number of aromatic nitrogens is 1. The van der Waals surface area contributed by atoms with Gasteiger partial charge in [0.2, 0.25) is 0 Å². The van der Waals surface area contributed by atoms with E-state index in [0.717, 1.165) is 28.1 Å². The third kappa shape index (κ3) is 3.91. The van der Waals surface area contributed by atoms with Crippen LogP contribution in [0.25, 0.3) is 10.2 Å². The van der Waals surface area contributed by atoms with Crippen molar-refractivity contribution in [1.82, 2.24) is 4.98 Å². The summed E-state index contributed by atoms with van der Waals surface area (Å²) in [5.41, 5.74) is 1.51. The zero-order valence-electron chi connectivity index (χ0n) is 12.8. The summed E-state index contributed by atoms with van der Waals surface area (Å²) < 4.78 is 0.861. The molecule has 2 rings (SSSR count). The van der Waals surface area contributed by atoms with Crippen LogP contribution in [0.4, 0.5) is 11.4 Å². The second kappa shape index (κ2) is 6.39. The van der Waals surface area contributed by atoms with E-state index >= 15 is 0 Å². The molecule has 0 fully saturated rings. The van der Waals surface area contributed by atoms with Crippen LogP contribution in [0.1, 0.15) is 38.6 Å². The number of rotatable bonds is 6. The van der Waals surface area contributed by atoms with Gasteiger partial charge in [-0.15, -0.1) is 11.3 Å². The molecule has 5 nitrogen and oxygen atoms in total. The summed E-state index contributed by atoms with van der Waals surface area (Å²) in [6.45, 7) is 8.33. The highest BCUT2D eigenvalue weighted by molar-refractivity contribution is 7.18. The summed E-state index contributed by atoms with van der Waals surface area (Å²) in [5, 5.41) is 15.5. The fourth-order valence-electron chi connectivity index (χ4n) is 2.27. The van der Waals surface area contributed by atoms with Gasteiger partial charge in [-0.25, -0.2) is 4.98 Å². The number of nitrogens with zero attached hydrogens (tertiary/aromatic N) is 2. The molecule has 0 spiro atoms. The molecule has 2 aromatic rings. The molecular weight excluding hydrogens is 286 g/mol. The fraction of sp³-hybridized carbons (Fsp3) is 0.533. The van der Waals surface area contributed by atoms with E-state index in [1.54, 1.807) is 12.1 Å². The Labute approximate surface area is 128 Å². The van der Waals surface area contributed by atoms with Crippen LogP contribution >= 0.6 is 11.3 Å². The Kier molecular flexibility index (Phi) is 4.77. The molecule has 0 radical (unpaired) electrons. The minimum atomic E-state index is -0.327. The predicted molar refractivity (Wildman–Crippen MR) is 88.2 cm³/mol. The van der Waals surface area contributed by atoms with Crippen molar-refractivity contribution in [3.05, 3.63) is 27.3 Å². The first kappa shape index (κ1) is 15.7. The number of hydrogen-bond donors (Lipinski definition) is 1. The molecule has 6 heteroatoms. The third-order valence-electron chi connectivity index (χ3n) is 3.39. The van der Waals surface area contributed by atoms with E-state index in [4.69, 9.17) is 0 Å². The second-order valence-corrected chi connectivity index (χ2v) is 7.08. The first-order valence-corrected chi connectivity index (χ1v) is 8.00. The van der Waals surface area contributed by atoms with E-state index in [2.05, 4.69) is 31.1 Å². The van der Waals surface area contributed by atoms with Crippen molar-refractivity contribution in [3.63, 3.8) is 0 Å². The molecule has 1 aromatic carbocycles. The van der Waals surface area contributed by atoms with Crippen molar-refractivity contribution in [2.45, 2.75) is 46.6 Å². The van der Waals surface area contributed by atoms with Gasteiger partial charge in [-0.1, -0.05) is 13.8 Å². The number of nitro groups is 1. The number of hydrogen-bond acceptors (Lipinski definition) is 5. The molecule has 21 heavy (non-hydrogen) atoms. The van der Waals surface area contributed by atoms with Crippen molar-refractivity contribution in [3.8, 4) is 0 Å². The van der Waals surface area contributed by atoms with Gasteiger partial charge in [0.05, 0.1) is 20.1 Å². The Hall–Kier alpha value is -1.69. The van der Waals surface area contributed by atoms with Crippen LogP contribution in [0.3, 0.4) is 0 Å². The predicted octanol–water partition coefficient (Wildman–Crippen LogP) is 4.75. The first-order chi connectivity index (χ1) is 9.86. The zero-order valence-corrected chi connectivity index (χ0v) is 13.7. The van der Waals surface area contributed by atoms with Gasteiger partial charge in [0, 0.05) is 12.1 Å². The number of nitrogens with one attached hydrogen (secondary N) is 1.